The van der Waals surface area contributed by atoms with Crippen molar-refractivity contribution in [1.82, 2.24) is 0 Å². The van der Waals surface area contributed by atoms with Crippen LogP contribution in [-0.4, -0.2) is 34.7 Å². The van der Waals surface area contributed by atoms with Gasteiger partial charge in [0.2, 0.25) is 5.91 Å². The molecule has 2 rings (SSSR count). The van der Waals surface area contributed by atoms with Gasteiger partial charge in [-0.15, -0.1) is 11.8 Å². The third kappa shape index (κ3) is 4.48. The lowest BCUT2D eigenvalue weighted by atomic mass is 10.3. The second-order valence-electron chi connectivity index (χ2n) is 3.56. The summed E-state index contributed by atoms with van der Waals surface area (Å²) in [6.45, 7) is 0. The molecule has 0 atom stereocenters. The predicted molar refractivity (Wildman–Crippen MR) is 80.4 cm³/mol. The van der Waals surface area contributed by atoms with Crippen molar-refractivity contribution in [3.05, 3.63) is 24.3 Å². The van der Waals surface area contributed by atoms with Crippen LogP contribution >= 0.6 is 35.3 Å². The Hall–Kier alpha value is -0.260. The molecule has 1 N–H and O–H groups in total. The van der Waals surface area contributed by atoms with Crippen molar-refractivity contribution in [2.75, 3.05) is 34.1 Å². The van der Waals surface area contributed by atoms with E-state index < -0.39 is 0 Å². The third-order valence-corrected chi connectivity index (χ3v) is 5.79. The Labute approximate surface area is 115 Å². The number of fused-ring (bicyclic) bond motifs is 1. The fraction of sp³-hybridized carbons (Fsp3) is 0.417. The number of carbonyl (C=O) groups is 1. The molecule has 1 heterocycles. The Morgan fingerprint density at radius 2 is 1.76 bits per heavy atom. The molecular formula is C12H15NOS3. The number of hydrogen-bond donors (Lipinski definition) is 1. The Bertz CT molecular complexity index is 384. The first-order valence-corrected chi connectivity index (χ1v) is 8.83. The fourth-order valence-electron chi connectivity index (χ4n) is 1.48. The molecule has 0 spiro atoms. The highest BCUT2D eigenvalue weighted by molar-refractivity contribution is 8.04. The molecule has 0 aromatic heterocycles. The monoisotopic (exact) mass is 285 g/mol. The van der Waals surface area contributed by atoms with Gasteiger partial charge in [0.05, 0.1) is 11.4 Å². The Morgan fingerprint density at radius 3 is 2.71 bits per heavy atom. The molecule has 1 amide bonds. The summed E-state index contributed by atoms with van der Waals surface area (Å²) in [5.74, 6) is 5.13. The molecule has 0 radical (unpaired) electrons. The summed E-state index contributed by atoms with van der Waals surface area (Å²) in [6, 6.07) is 8.03. The van der Waals surface area contributed by atoms with Crippen molar-refractivity contribution in [3.8, 4) is 0 Å². The molecule has 0 saturated carbocycles. The maximum atomic E-state index is 11.7. The lowest BCUT2D eigenvalue weighted by Gasteiger charge is -2.12. The van der Waals surface area contributed by atoms with Gasteiger partial charge >= 0.3 is 0 Å². The van der Waals surface area contributed by atoms with Gasteiger partial charge in [-0.05, 0) is 12.1 Å². The van der Waals surface area contributed by atoms with E-state index in [1.807, 2.05) is 41.7 Å². The summed E-state index contributed by atoms with van der Waals surface area (Å²) in [4.78, 5) is 12.9. The number of amides is 1. The van der Waals surface area contributed by atoms with Crippen molar-refractivity contribution in [2.45, 2.75) is 4.90 Å². The molecule has 2 nitrogen and oxygen atoms in total. The van der Waals surface area contributed by atoms with Crippen molar-refractivity contribution < 1.29 is 4.79 Å². The standard InChI is InChI=1S/C12H15NOS3/c14-12-9-16-6-5-15-7-8-17-11-4-2-1-3-10(11)13-12/h1-4H,5-9H2,(H,13,14). The first-order valence-electron chi connectivity index (χ1n) is 5.53. The Kier molecular flexibility index (Phi) is 5.61. The summed E-state index contributed by atoms with van der Waals surface area (Å²) in [5, 5.41) is 2.99. The average molecular weight is 285 g/mol. The molecule has 1 aliphatic rings. The third-order valence-electron chi connectivity index (χ3n) is 2.25. The van der Waals surface area contributed by atoms with E-state index in [0.29, 0.717) is 5.75 Å². The lowest BCUT2D eigenvalue weighted by Crippen LogP contribution is -2.15. The second kappa shape index (κ2) is 7.24. The first-order chi connectivity index (χ1) is 8.36. The molecule has 1 aliphatic heterocycles. The smallest absolute Gasteiger partial charge is 0.234 e. The summed E-state index contributed by atoms with van der Waals surface area (Å²) in [6.07, 6.45) is 0. The van der Waals surface area contributed by atoms with Crippen molar-refractivity contribution in [2.24, 2.45) is 0 Å². The van der Waals surface area contributed by atoms with Gasteiger partial charge in [0.25, 0.3) is 0 Å². The average Bonchev–Trinajstić information content (AvgIpc) is 2.32. The summed E-state index contributed by atoms with van der Waals surface area (Å²) in [5.41, 5.74) is 0.952. The van der Waals surface area contributed by atoms with E-state index in [2.05, 4.69) is 11.4 Å². The molecule has 0 aliphatic carbocycles. The number of anilines is 1. The lowest BCUT2D eigenvalue weighted by molar-refractivity contribution is -0.113. The predicted octanol–water partition coefficient (Wildman–Crippen LogP) is 3.20. The molecule has 0 saturated heterocycles. The maximum Gasteiger partial charge on any atom is 0.234 e. The van der Waals surface area contributed by atoms with Gasteiger partial charge in [0.15, 0.2) is 0 Å². The number of carbonyl (C=O) groups excluding carboxylic acids is 1. The van der Waals surface area contributed by atoms with Gasteiger partial charge in [-0.1, -0.05) is 12.1 Å². The molecule has 1 aromatic carbocycles. The summed E-state index contributed by atoms with van der Waals surface area (Å²) in [7, 11) is 0. The van der Waals surface area contributed by atoms with Crippen LogP contribution < -0.4 is 5.32 Å². The highest BCUT2D eigenvalue weighted by atomic mass is 32.2. The van der Waals surface area contributed by atoms with E-state index in [1.54, 1.807) is 11.8 Å². The normalized spacial score (nSPS) is 18.5. The van der Waals surface area contributed by atoms with Crippen LogP contribution in [-0.2, 0) is 4.79 Å². The first kappa shape index (κ1) is 13.2. The minimum Gasteiger partial charge on any atom is -0.324 e. The number of hydrogen-bond acceptors (Lipinski definition) is 4. The van der Waals surface area contributed by atoms with Crippen LogP contribution in [0.25, 0.3) is 0 Å². The number of nitrogens with one attached hydrogen (secondary N) is 1. The quantitative estimate of drug-likeness (QED) is 0.792. The fourth-order valence-corrected chi connectivity index (χ4v) is 4.50. The van der Waals surface area contributed by atoms with Crippen molar-refractivity contribution in [3.63, 3.8) is 0 Å². The highest BCUT2D eigenvalue weighted by Crippen LogP contribution is 2.28. The molecular weight excluding hydrogens is 270 g/mol. The number of para-hydroxylation sites is 1. The zero-order valence-corrected chi connectivity index (χ0v) is 11.9. The van der Waals surface area contributed by atoms with E-state index in [-0.39, 0.29) is 5.91 Å². The van der Waals surface area contributed by atoms with Crippen LogP contribution in [0, 0.1) is 0 Å². The number of thioether (sulfide) groups is 3. The molecule has 5 heteroatoms. The van der Waals surface area contributed by atoms with Crippen LogP contribution in [0.5, 0.6) is 0 Å². The molecule has 0 bridgehead atoms. The number of benzene rings is 1. The van der Waals surface area contributed by atoms with Gasteiger partial charge in [-0.2, -0.15) is 23.5 Å². The van der Waals surface area contributed by atoms with E-state index in [4.69, 9.17) is 0 Å². The van der Waals surface area contributed by atoms with Gasteiger partial charge in [-0.25, -0.2) is 0 Å². The van der Waals surface area contributed by atoms with Crippen LogP contribution in [0.15, 0.2) is 29.2 Å². The van der Waals surface area contributed by atoms with E-state index in [1.165, 1.54) is 10.6 Å². The van der Waals surface area contributed by atoms with Crippen molar-refractivity contribution in [1.29, 1.82) is 0 Å². The van der Waals surface area contributed by atoms with Crippen LogP contribution in [0.4, 0.5) is 5.69 Å². The van der Waals surface area contributed by atoms with Crippen LogP contribution in [0.1, 0.15) is 0 Å². The van der Waals surface area contributed by atoms with E-state index in [9.17, 15) is 4.79 Å². The molecule has 0 fully saturated rings. The highest BCUT2D eigenvalue weighted by Gasteiger charge is 2.08. The summed E-state index contributed by atoms with van der Waals surface area (Å²) < 4.78 is 0. The molecule has 17 heavy (non-hydrogen) atoms. The Balaban J connectivity index is 2.08. The minimum absolute atomic E-state index is 0.105. The molecule has 1 aromatic rings. The van der Waals surface area contributed by atoms with Crippen LogP contribution in [0.2, 0.25) is 0 Å². The Morgan fingerprint density at radius 1 is 1.00 bits per heavy atom. The van der Waals surface area contributed by atoms with Gasteiger partial charge in [0.1, 0.15) is 0 Å². The van der Waals surface area contributed by atoms with E-state index in [0.717, 1.165) is 22.9 Å². The van der Waals surface area contributed by atoms with Gasteiger partial charge < -0.3 is 5.32 Å². The zero-order chi connectivity index (χ0) is 11.9. The van der Waals surface area contributed by atoms with E-state index >= 15 is 0 Å². The molecule has 92 valence electrons. The largest absolute Gasteiger partial charge is 0.324 e. The number of rotatable bonds is 0. The van der Waals surface area contributed by atoms with Gasteiger partial charge in [0, 0.05) is 27.9 Å². The topological polar surface area (TPSA) is 29.1 Å². The van der Waals surface area contributed by atoms with Crippen LogP contribution in [0.3, 0.4) is 0 Å². The SMILES string of the molecule is O=C1CSCCSCCSc2ccccc2N1. The minimum atomic E-state index is 0.105. The molecule has 0 unspecified atom stereocenters. The second-order valence-corrected chi connectivity index (χ2v) is 7.02. The maximum absolute atomic E-state index is 11.7. The van der Waals surface area contributed by atoms with Crippen molar-refractivity contribution >= 4 is 46.9 Å². The van der Waals surface area contributed by atoms with Gasteiger partial charge in [-0.3, -0.25) is 4.79 Å². The zero-order valence-electron chi connectivity index (χ0n) is 9.48. The summed E-state index contributed by atoms with van der Waals surface area (Å²) >= 11 is 5.50.